The summed E-state index contributed by atoms with van der Waals surface area (Å²) in [6, 6.07) is 99.0. The molecule has 0 aromatic heterocycles. The Labute approximate surface area is 506 Å². The summed E-state index contributed by atoms with van der Waals surface area (Å²) in [5.41, 5.74) is 28.8. The first-order valence-electron chi connectivity index (χ1n) is 29.4. The molecule has 0 atom stereocenters. The summed E-state index contributed by atoms with van der Waals surface area (Å²) in [6.45, 7) is 29.6. The number of aryl methyl sites for hydroxylation is 14. The fraction of sp³-hybridized carbons (Fsp3) is 0.167. The summed E-state index contributed by atoms with van der Waals surface area (Å²) in [6.07, 6.45) is 0. The van der Waals surface area contributed by atoms with Crippen molar-refractivity contribution in [3.63, 3.8) is 0 Å². The van der Waals surface area contributed by atoms with Crippen molar-refractivity contribution in [2.45, 2.75) is 96.9 Å². The van der Waals surface area contributed by atoms with Crippen LogP contribution in [-0.2, 0) is 0 Å². The van der Waals surface area contributed by atoms with Crippen LogP contribution in [0.3, 0.4) is 0 Å². The highest BCUT2D eigenvalue weighted by Gasteiger charge is 2.02. The number of benzene rings is 12. The maximum absolute atomic E-state index is 2.22. The van der Waals surface area contributed by atoms with Gasteiger partial charge in [0.2, 0.25) is 0 Å². The van der Waals surface area contributed by atoms with Crippen molar-refractivity contribution < 1.29 is 0 Å². The van der Waals surface area contributed by atoms with E-state index in [4.69, 9.17) is 0 Å². The first-order valence-corrected chi connectivity index (χ1v) is 29.4. The van der Waals surface area contributed by atoms with Gasteiger partial charge in [0.15, 0.2) is 0 Å². The molecular formula is C84H88. The molecule has 0 aliphatic rings. The van der Waals surface area contributed by atoms with E-state index in [1.807, 2.05) is 0 Å². The number of hydrogen-bond donors (Lipinski definition) is 0. The molecule has 0 saturated heterocycles. The molecule has 424 valence electrons. The van der Waals surface area contributed by atoms with Crippen molar-refractivity contribution in [3.05, 3.63) is 357 Å². The molecule has 0 bridgehead atoms. The fourth-order valence-electron chi connectivity index (χ4n) is 9.08. The Morgan fingerprint density at radius 3 is 0.560 bits per heavy atom. The van der Waals surface area contributed by atoms with Gasteiger partial charge in [-0.2, -0.15) is 0 Å². The maximum Gasteiger partial charge on any atom is -0.0181 e. The van der Waals surface area contributed by atoms with Gasteiger partial charge in [0, 0.05) is 0 Å². The van der Waals surface area contributed by atoms with Gasteiger partial charge in [-0.15, -0.1) is 0 Å². The van der Waals surface area contributed by atoms with Crippen LogP contribution in [0.1, 0.15) is 77.9 Å². The van der Waals surface area contributed by atoms with Gasteiger partial charge in [-0.3, -0.25) is 0 Å². The lowest BCUT2D eigenvalue weighted by Gasteiger charge is -2.06. The zero-order chi connectivity index (χ0) is 60.4. The lowest BCUT2D eigenvalue weighted by Crippen LogP contribution is -1.81. The third-order valence-corrected chi connectivity index (χ3v) is 14.4. The van der Waals surface area contributed by atoms with Gasteiger partial charge < -0.3 is 0 Å². The van der Waals surface area contributed by atoms with E-state index in [0.29, 0.717) is 0 Å². The van der Waals surface area contributed by atoms with Crippen LogP contribution < -0.4 is 0 Å². The third-order valence-electron chi connectivity index (χ3n) is 14.4. The van der Waals surface area contributed by atoms with E-state index in [-0.39, 0.29) is 0 Å². The molecule has 84 heavy (non-hydrogen) atoms. The summed E-state index contributed by atoms with van der Waals surface area (Å²) in [7, 11) is 0. The molecule has 0 amide bonds. The standard InChI is InChI=1S/C20H18.2C14H14.C12H12.3C8H10/c1-15-3-7-17(8-4-15)19-11-13-20(14-12-19)18-9-5-16(2)6-10-18;1-11-3-7-13(8-4-11)14-9-5-12(2)6-10-14;1-11-5-3-7-13(9-11)14-8-4-6-12(2)10-14;1-9-3-5-12-8-10(2)4-6-11(12)7-9;1-7-3-5-8(2)6-4-7;1-7-4-3-5-8(2)6-7;1-7-5-3-4-6-8(7)2/h3-14H,1-2H3;2*3-10H,1-2H3;3-8H,1-2H3;3*3-6H,1-2H3. The van der Waals surface area contributed by atoms with Crippen LogP contribution in [0.5, 0.6) is 0 Å². The Bertz CT molecular complexity index is 3600. The molecule has 12 rings (SSSR count). The minimum atomic E-state index is 1.26. The Morgan fingerprint density at radius 2 is 0.333 bits per heavy atom. The zero-order valence-electron chi connectivity index (χ0n) is 52.6. The van der Waals surface area contributed by atoms with Gasteiger partial charge in [-0.05, 0) is 163 Å². The quantitative estimate of drug-likeness (QED) is 0.165. The largest absolute Gasteiger partial charge is 0.0620 e. The predicted octanol–water partition coefficient (Wildman–Crippen LogP) is 23.9. The molecular weight excluding hydrogens is 1010 g/mol. The summed E-state index contributed by atoms with van der Waals surface area (Å²) < 4.78 is 0. The molecule has 0 spiro atoms. The first-order chi connectivity index (χ1) is 40.4. The van der Waals surface area contributed by atoms with Crippen molar-refractivity contribution in [1.29, 1.82) is 0 Å². The molecule has 0 heterocycles. The van der Waals surface area contributed by atoms with Gasteiger partial charge >= 0.3 is 0 Å². The molecule has 0 fully saturated rings. The van der Waals surface area contributed by atoms with Crippen LogP contribution in [0.4, 0.5) is 0 Å². The highest BCUT2D eigenvalue weighted by atomic mass is 14.1. The molecule has 0 aliphatic carbocycles. The van der Waals surface area contributed by atoms with Gasteiger partial charge in [0.05, 0.1) is 0 Å². The Kier molecular flexibility index (Phi) is 25.3. The monoisotopic (exact) mass is 1100 g/mol. The van der Waals surface area contributed by atoms with E-state index in [0.717, 1.165) is 0 Å². The highest BCUT2D eigenvalue weighted by Crippen LogP contribution is 2.26. The second-order valence-electron chi connectivity index (χ2n) is 22.5. The van der Waals surface area contributed by atoms with Gasteiger partial charge in [-0.25, -0.2) is 0 Å². The molecule has 0 saturated carbocycles. The smallest absolute Gasteiger partial charge is 0.0181 e. The van der Waals surface area contributed by atoms with Crippen LogP contribution in [0.25, 0.3) is 55.3 Å². The lowest BCUT2D eigenvalue weighted by atomic mass is 9.99. The average molecular weight is 1100 g/mol. The summed E-state index contributed by atoms with van der Waals surface area (Å²) in [5, 5.41) is 2.67. The summed E-state index contributed by atoms with van der Waals surface area (Å²) in [4.78, 5) is 0. The van der Waals surface area contributed by atoms with Gasteiger partial charge in [-0.1, -0.05) is 346 Å². The van der Waals surface area contributed by atoms with Crippen molar-refractivity contribution in [2.24, 2.45) is 0 Å². The van der Waals surface area contributed by atoms with Crippen LogP contribution in [0.15, 0.2) is 279 Å². The van der Waals surface area contributed by atoms with Crippen LogP contribution in [0, 0.1) is 96.9 Å². The van der Waals surface area contributed by atoms with Crippen LogP contribution in [0.2, 0.25) is 0 Å². The number of rotatable bonds is 4. The van der Waals surface area contributed by atoms with Crippen LogP contribution in [-0.4, -0.2) is 0 Å². The predicted molar refractivity (Wildman–Crippen MR) is 371 cm³/mol. The average Bonchev–Trinajstić information content (AvgIpc) is 3.63. The Balaban J connectivity index is 0.000000161. The van der Waals surface area contributed by atoms with Gasteiger partial charge in [0.25, 0.3) is 0 Å². The van der Waals surface area contributed by atoms with E-state index < -0.39 is 0 Å². The summed E-state index contributed by atoms with van der Waals surface area (Å²) >= 11 is 0. The van der Waals surface area contributed by atoms with E-state index in [9.17, 15) is 0 Å². The lowest BCUT2D eigenvalue weighted by molar-refractivity contribution is 1.34. The van der Waals surface area contributed by atoms with E-state index >= 15 is 0 Å². The number of fused-ring (bicyclic) bond motifs is 1. The molecule has 0 nitrogen and oxygen atoms in total. The Morgan fingerprint density at radius 1 is 0.131 bits per heavy atom. The molecule has 0 aliphatic heterocycles. The first kappa shape index (κ1) is 64.1. The minimum Gasteiger partial charge on any atom is -0.0620 e. The van der Waals surface area contributed by atoms with Crippen molar-refractivity contribution in [1.82, 2.24) is 0 Å². The fourth-order valence-corrected chi connectivity index (χ4v) is 9.08. The number of hydrogen-bond acceptors (Lipinski definition) is 0. The van der Waals surface area contributed by atoms with Crippen molar-refractivity contribution >= 4 is 10.8 Å². The molecule has 0 heteroatoms. The molecule has 0 N–H and O–H groups in total. The second-order valence-corrected chi connectivity index (χ2v) is 22.5. The normalized spacial score (nSPS) is 10.0. The van der Waals surface area contributed by atoms with Crippen molar-refractivity contribution in [2.75, 3.05) is 0 Å². The van der Waals surface area contributed by atoms with E-state index in [1.54, 1.807) is 0 Å². The second kappa shape index (κ2) is 33.1. The zero-order valence-corrected chi connectivity index (χ0v) is 52.6. The summed E-state index contributed by atoms with van der Waals surface area (Å²) in [5.74, 6) is 0. The van der Waals surface area contributed by atoms with E-state index in [2.05, 4.69) is 376 Å². The molecule has 0 unspecified atom stereocenters. The Hall–Kier alpha value is -9.10. The SMILES string of the molecule is Cc1ccc(-c2ccc(-c3ccc(C)cc3)cc2)cc1.Cc1ccc(-c2ccc(C)cc2)cc1.Cc1ccc(C)cc1.Cc1ccc2cc(C)ccc2c1.Cc1cccc(-c2cccc(C)c2)c1.Cc1cccc(C)c1.Cc1ccccc1C. The minimum absolute atomic E-state index is 1.26. The molecule has 12 aromatic rings. The van der Waals surface area contributed by atoms with Crippen LogP contribution >= 0.6 is 0 Å². The third kappa shape index (κ3) is 22.3. The molecule has 12 aromatic carbocycles. The van der Waals surface area contributed by atoms with Gasteiger partial charge in [0.1, 0.15) is 0 Å². The highest BCUT2D eigenvalue weighted by molar-refractivity contribution is 5.83. The van der Waals surface area contributed by atoms with Crippen molar-refractivity contribution in [3.8, 4) is 44.5 Å². The van der Waals surface area contributed by atoms with E-state index in [1.165, 1.54) is 133 Å². The maximum atomic E-state index is 2.22. The topological polar surface area (TPSA) is 0 Å². The molecule has 0 radical (unpaired) electrons.